The summed E-state index contributed by atoms with van der Waals surface area (Å²) >= 11 is 7.89. The van der Waals surface area contributed by atoms with Crippen molar-refractivity contribution in [2.75, 3.05) is 12.3 Å². The second-order valence-corrected chi connectivity index (χ2v) is 6.96. The van der Waals surface area contributed by atoms with E-state index in [2.05, 4.69) is 15.6 Å². The van der Waals surface area contributed by atoms with E-state index in [1.807, 2.05) is 36.5 Å². The highest BCUT2D eigenvalue weighted by Crippen LogP contribution is 2.37. The lowest BCUT2D eigenvalue weighted by atomic mass is 10.0. The Kier molecular flexibility index (Phi) is 5.41. The summed E-state index contributed by atoms with van der Waals surface area (Å²) in [6, 6.07) is 9.64. The van der Waals surface area contributed by atoms with Crippen molar-refractivity contribution in [2.24, 2.45) is 0 Å². The van der Waals surface area contributed by atoms with Crippen LogP contribution in [0.2, 0.25) is 5.02 Å². The summed E-state index contributed by atoms with van der Waals surface area (Å²) < 4.78 is 0. The number of hydrogen-bond donors (Lipinski definition) is 2. The van der Waals surface area contributed by atoms with Crippen molar-refractivity contribution in [2.45, 2.75) is 23.8 Å². The molecule has 1 atom stereocenters. The molecule has 0 aliphatic carbocycles. The molecule has 2 heterocycles. The topological polar surface area (TPSA) is 54.0 Å². The van der Waals surface area contributed by atoms with Gasteiger partial charge in [0.1, 0.15) is 0 Å². The summed E-state index contributed by atoms with van der Waals surface area (Å²) in [6.07, 6.45) is 5.24. The normalized spacial score (nSPS) is 16.5. The fourth-order valence-electron chi connectivity index (χ4n) is 2.59. The lowest BCUT2D eigenvalue weighted by Crippen LogP contribution is -2.39. The minimum Gasteiger partial charge on any atom is -0.338 e. The van der Waals surface area contributed by atoms with Gasteiger partial charge in [-0.05, 0) is 48.2 Å². The summed E-state index contributed by atoms with van der Waals surface area (Å²) in [4.78, 5) is 17.4. The predicted octanol–water partition coefficient (Wildman–Crippen LogP) is 3.81. The Morgan fingerprint density at radius 2 is 2.30 bits per heavy atom. The molecule has 4 nitrogen and oxygen atoms in total. The number of pyridine rings is 1. The van der Waals surface area contributed by atoms with E-state index in [1.165, 1.54) is 4.90 Å². The number of nitrogens with zero attached hydrogens (tertiary/aromatic N) is 1. The Balaban J connectivity index is 1.54. The van der Waals surface area contributed by atoms with Gasteiger partial charge in [0, 0.05) is 34.6 Å². The highest BCUT2D eigenvalue weighted by Gasteiger charge is 2.22. The quantitative estimate of drug-likeness (QED) is 0.884. The Morgan fingerprint density at radius 1 is 1.39 bits per heavy atom. The molecular formula is C17H18ClN3OS. The molecular weight excluding hydrogens is 330 g/mol. The Bertz CT molecular complexity index is 681. The Hall–Kier alpha value is -1.72. The number of fused-ring (bicyclic) bond motifs is 1. The van der Waals surface area contributed by atoms with Gasteiger partial charge in [0.15, 0.2) is 0 Å². The number of carbonyl (C=O) groups is 1. The van der Waals surface area contributed by atoms with Crippen LogP contribution in [0.1, 0.15) is 23.6 Å². The molecule has 1 aromatic carbocycles. The van der Waals surface area contributed by atoms with Gasteiger partial charge in [-0.25, -0.2) is 4.79 Å². The average molecular weight is 348 g/mol. The number of carbonyl (C=O) groups excluding carboxylic acids is 1. The first kappa shape index (κ1) is 16.1. The number of halogens is 1. The molecule has 0 saturated heterocycles. The highest BCUT2D eigenvalue weighted by atomic mass is 35.5. The van der Waals surface area contributed by atoms with E-state index in [4.69, 9.17) is 11.6 Å². The molecule has 0 fully saturated rings. The molecule has 2 aromatic rings. The van der Waals surface area contributed by atoms with Crippen LogP contribution >= 0.6 is 23.4 Å². The zero-order valence-electron chi connectivity index (χ0n) is 12.6. The number of urea groups is 1. The van der Waals surface area contributed by atoms with Gasteiger partial charge in [-0.3, -0.25) is 4.98 Å². The maximum Gasteiger partial charge on any atom is 0.315 e. The lowest BCUT2D eigenvalue weighted by molar-refractivity contribution is 0.236. The number of rotatable bonds is 4. The summed E-state index contributed by atoms with van der Waals surface area (Å²) in [5, 5.41) is 6.66. The van der Waals surface area contributed by atoms with Gasteiger partial charge in [0.05, 0.1) is 6.04 Å². The zero-order valence-corrected chi connectivity index (χ0v) is 14.2. The molecule has 0 radical (unpaired) electrons. The van der Waals surface area contributed by atoms with Gasteiger partial charge in [-0.2, -0.15) is 0 Å². The average Bonchev–Trinajstić information content (AvgIpc) is 2.56. The van der Waals surface area contributed by atoms with E-state index in [9.17, 15) is 4.79 Å². The van der Waals surface area contributed by atoms with E-state index >= 15 is 0 Å². The van der Waals surface area contributed by atoms with Crippen LogP contribution in [0.4, 0.5) is 4.79 Å². The maximum absolute atomic E-state index is 12.1. The number of thioether (sulfide) groups is 1. The first-order valence-corrected chi connectivity index (χ1v) is 8.94. The van der Waals surface area contributed by atoms with Crippen LogP contribution in [0.15, 0.2) is 47.6 Å². The van der Waals surface area contributed by atoms with Gasteiger partial charge < -0.3 is 10.6 Å². The first-order chi connectivity index (χ1) is 11.2. The minimum absolute atomic E-state index is 0.0170. The van der Waals surface area contributed by atoms with Gasteiger partial charge in [0.25, 0.3) is 0 Å². The SMILES string of the molecule is O=C(NCCc1cccnc1)NC1CCSc2ccc(Cl)cc21. The molecule has 1 aromatic heterocycles. The fourth-order valence-corrected chi connectivity index (χ4v) is 3.88. The highest BCUT2D eigenvalue weighted by molar-refractivity contribution is 7.99. The zero-order chi connectivity index (χ0) is 16.1. The second kappa shape index (κ2) is 7.70. The molecule has 1 aliphatic heterocycles. The van der Waals surface area contributed by atoms with Gasteiger partial charge in [-0.1, -0.05) is 17.7 Å². The summed E-state index contributed by atoms with van der Waals surface area (Å²) in [6.45, 7) is 0.585. The van der Waals surface area contributed by atoms with Crippen molar-refractivity contribution in [3.8, 4) is 0 Å². The molecule has 1 unspecified atom stereocenters. The van der Waals surface area contributed by atoms with Crippen molar-refractivity contribution in [3.63, 3.8) is 0 Å². The molecule has 120 valence electrons. The molecule has 0 saturated carbocycles. The predicted molar refractivity (Wildman–Crippen MR) is 94.0 cm³/mol. The molecule has 0 bridgehead atoms. The van der Waals surface area contributed by atoms with Crippen molar-refractivity contribution in [1.29, 1.82) is 0 Å². The number of hydrogen-bond acceptors (Lipinski definition) is 3. The summed E-state index contributed by atoms with van der Waals surface area (Å²) in [5.74, 6) is 0.995. The van der Waals surface area contributed by atoms with Crippen molar-refractivity contribution in [1.82, 2.24) is 15.6 Å². The largest absolute Gasteiger partial charge is 0.338 e. The minimum atomic E-state index is -0.142. The van der Waals surface area contributed by atoms with Crippen LogP contribution in [0, 0.1) is 0 Å². The molecule has 23 heavy (non-hydrogen) atoms. The molecule has 0 spiro atoms. The van der Waals surface area contributed by atoms with Crippen molar-refractivity contribution < 1.29 is 4.79 Å². The maximum atomic E-state index is 12.1. The third kappa shape index (κ3) is 4.39. The van der Waals surface area contributed by atoms with Crippen LogP contribution in [0.3, 0.4) is 0 Å². The number of amides is 2. The Morgan fingerprint density at radius 3 is 3.13 bits per heavy atom. The van der Waals surface area contributed by atoms with E-state index in [-0.39, 0.29) is 12.1 Å². The second-order valence-electron chi connectivity index (χ2n) is 5.38. The molecule has 1 aliphatic rings. The summed E-state index contributed by atoms with van der Waals surface area (Å²) in [5.41, 5.74) is 2.22. The van der Waals surface area contributed by atoms with E-state index in [0.29, 0.717) is 11.6 Å². The van der Waals surface area contributed by atoms with E-state index in [1.54, 1.807) is 18.0 Å². The number of benzene rings is 1. The third-order valence-electron chi connectivity index (χ3n) is 3.74. The molecule has 6 heteroatoms. The molecule has 3 rings (SSSR count). The van der Waals surface area contributed by atoms with Crippen LogP contribution in [-0.4, -0.2) is 23.3 Å². The van der Waals surface area contributed by atoms with Crippen LogP contribution in [0.5, 0.6) is 0 Å². The van der Waals surface area contributed by atoms with Gasteiger partial charge in [-0.15, -0.1) is 11.8 Å². The summed E-state index contributed by atoms with van der Waals surface area (Å²) in [7, 11) is 0. The third-order valence-corrected chi connectivity index (χ3v) is 5.10. The van der Waals surface area contributed by atoms with Crippen LogP contribution in [0.25, 0.3) is 0 Å². The van der Waals surface area contributed by atoms with Crippen LogP contribution < -0.4 is 10.6 Å². The molecule has 2 amide bonds. The lowest BCUT2D eigenvalue weighted by Gasteiger charge is -2.26. The Labute approximate surface area is 145 Å². The smallest absolute Gasteiger partial charge is 0.315 e. The van der Waals surface area contributed by atoms with Gasteiger partial charge >= 0.3 is 6.03 Å². The molecule has 2 N–H and O–H groups in total. The first-order valence-electron chi connectivity index (χ1n) is 7.58. The van der Waals surface area contributed by atoms with E-state index < -0.39 is 0 Å². The standard InChI is InChI=1S/C17H18ClN3OS/c18-13-3-4-16-14(10-13)15(6-9-23-16)21-17(22)20-8-5-12-2-1-7-19-11-12/h1-4,7,10-11,15H,5-6,8-9H2,(H2,20,21,22). The van der Waals surface area contributed by atoms with Crippen molar-refractivity contribution >= 4 is 29.4 Å². The van der Waals surface area contributed by atoms with Crippen molar-refractivity contribution in [3.05, 3.63) is 58.9 Å². The van der Waals surface area contributed by atoms with Gasteiger partial charge in [0.2, 0.25) is 0 Å². The number of aromatic nitrogens is 1. The monoisotopic (exact) mass is 347 g/mol. The van der Waals surface area contributed by atoms with E-state index in [0.717, 1.165) is 29.7 Å². The fraction of sp³-hybridized carbons (Fsp3) is 0.294. The number of nitrogens with one attached hydrogen (secondary N) is 2. The van der Waals surface area contributed by atoms with Crippen LogP contribution in [-0.2, 0) is 6.42 Å².